The smallest absolute Gasteiger partial charge is 0.227 e. The summed E-state index contributed by atoms with van der Waals surface area (Å²) in [5.41, 5.74) is 3.65. The second-order valence-electron chi connectivity index (χ2n) is 8.06. The van der Waals surface area contributed by atoms with Gasteiger partial charge in [0.05, 0.1) is 0 Å². The second kappa shape index (κ2) is 9.62. The van der Waals surface area contributed by atoms with Crippen LogP contribution >= 0.6 is 11.3 Å². The number of carbonyl (C=O) groups is 1. The lowest BCUT2D eigenvalue weighted by molar-refractivity contribution is -0.117. The largest absolute Gasteiger partial charge is 0.355 e. The molecule has 1 atom stereocenters. The summed E-state index contributed by atoms with van der Waals surface area (Å²) in [4.78, 5) is 22.2. The Labute approximate surface area is 183 Å². The van der Waals surface area contributed by atoms with E-state index in [1.807, 2.05) is 28.4 Å². The highest BCUT2D eigenvalue weighted by atomic mass is 32.1. The SMILES string of the molecule is CN=C(NCc1ccc(N2CCCC2=O)cc1)NCC(C)N1CCc2sccc2C1. The van der Waals surface area contributed by atoms with E-state index in [4.69, 9.17) is 0 Å². The minimum Gasteiger partial charge on any atom is -0.355 e. The molecule has 160 valence electrons. The minimum atomic E-state index is 0.225. The number of hydrogen-bond acceptors (Lipinski definition) is 4. The maximum atomic E-state index is 11.9. The molecule has 6 nitrogen and oxygen atoms in total. The van der Waals surface area contributed by atoms with Gasteiger partial charge < -0.3 is 15.5 Å². The van der Waals surface area contributed by atoms with Crippen molar-refractivity contribution < 1.29 is 4.79 Å². The van der Waals surface area contributed by atoms with Crippen molar-refractivity contribution in [3.05, 3.63) is 51.7 Å². The van der Waals surface area contributed by atoms with Crippen molar-refractivity contribution in [3.8, 4) is 0 Å². The number of amides is 1. The van der Waals surface area contributed by atoms with Crippen LogP contribution in [0.5, 0.6) is 0 Å². The Morgan fingerprint density at radius 1 is 1.17 bits per heavy atom. The third kappa shape index (κ3) is 4.84. The zero-order chi connectivity index (χ0) is 20.9. The van der Waals surface area contributed by atoms with Gasteiger partial charge in [0.1, 0.15) is 0 Å². The summed E-state index contributed by atoms with van der Waals surface area (Å²) < 4.78 is 0. The standard InChI is InChI=1S/C23H31N5OS/c1-17(27-12-9-21-19(16-27)10-13-30-21)14-25-23(24-2)26-15-18-5-7-20(8-6-18)28-11-3-4-22(28)29/h5-8,10,13,17H,3-4,9,11-12,14-16H2,1-2H3,(H2,24,25,26). The lowest BCUT2D eigenvalue weighted by atomic mass is 10.1. The van der Waals surface area contributed by atoms with Crippen LogP contribution in [0.15, 0.2) is 40.7 Å². The predicted molar refractivity (Wildman–Crippen MR) is 124 cm³/mol. The summed E-state index contributed by atoms with van der Waals surface area (Å²) in [5, 5.41) is 9.06. The molecule has 2 N–H and O–H groups in total. The first-order valence-electron chi connectivity index (χ1n) is 10.8. The second-order valence-corrected chi connectivity index (χ2v) is 9.06. The highest BCUT2D eigenvalue weighted by molar-refractivity contribution is 7.10. The van der Waals surface area contributed by atoms with Crippen LogP contribution in [-0.4, -0.2) is 49.5 Å². The third-order valence-corrected chi connectivity index (χ3v) is 7.05. The van der Waals surface area contributed by atoms with Gasteiger partial charge in [-0.15, -0.1) is 11.3 Å². The molecule has 1 saturated heterocycles. The third-order valence-electron chi connectivity index (χ3n) is 6.03. The van der Waals surface area contributed by atoms with Crippen LogP contribution in [-0.2, 0) is 24.3 Å². The first-order valence-corrected chi connectivity index (χ1v) is 11.6. The number of carbonyl (C=O) groups excluding carboxylic acids is 1. The number of guanidine groups is 1. The fraction of sp³-hybridized carbons (Fsp3) is 0.478. The average Bonchev–Trinajstić information content (AvgIpc) is 3.42. The fourth-order valence-corrected chi connectivity index (χ4v) is 5.03. The topological polar surface area (TPSA) is 60.0 Å². The average molecular weight is 426 g/mol. The number of nitrogens with one attached hydrogen (secondary N) is 2. The lowest BCUT2D eigenvalue weighted by Gasteiger charge is -2.32. The van der Waals surface area contributed by atoms with Crippen molar-refractivity contribution >= 4 is 28.9 Å². The Hall–Kier alpha value is -2.38. The summed E-state index contributed by atoms with van der Waals surface area (Å²) in [7, 11) is 1.81. The Balaban J connectivity index is 1.23. The Bertz CT molecular complexity index is 891. The number of aliphatic imine (C=N–C) groups is 1. The van der Waals surface area contributed by atoms with E-state index >= 15 is 0 Å². The molecule has 1 aromatic carbocycles. The van der Waals surface area contributed by atoms with Crippen molar-refractivity contribution in [2.24, 2.45) is 4.99 Å². The summed E-state index contributed by atoms with van der Waals surface area (Å²) in [6.45, 7) is 6.82. The molecule has 2 aliphatic heterocycles. The van der Waals surface area contributed by atoms with E-state index in [1.165, 1.54) is 11.1 Å². The van der Waals surface area contributed by atoms with Crippen LogP contribution in [0.2, 0.25) is 0 Å². The van der Waals surface area contributed by atoms with Gasteiger partial charge in [-0.05, 0) is 54.5 Å². The van der Waals surface area contributed by atoms with E-state index in [0.717, 1.165) is 50.7 Å². The molecule has 30 heavy (non-hydrogen) atoms. The quantitative estimate of drug-likeness (QED) is 0.552. The zero-order valence-corrected chi connectivity index (χ0v) is 18.7. The molecule has 2 aromatic rings. The molecule has 0 spiro atoms. The van der Waals surface area contributed by atoms with Crippen LogP contribution in [0.25, 0.3) is 0 Å². The first-order chi connectivity index (χ1) is 14.6. The van der Waals surface area contributed by atoms with Crippen molar-refractivity contribution in [2.45, 2.75) is 45.3 Å². The van der Waals surface area contributed by atoms with Crippen LogP contribution in [0.3, 0.4) is 0 Å². The minimum absolute atomic E-state index is 0.225. The molecule has 1 unspecified atom stereocenters. The maximum Gasteiger partial charge on any atom is 0.227 e. The van der Waals surface area contributed by atoms with Crippen molar-refractivity contribution in [2.75, 3.05) is 31.6 Å². The first kappa shape index (κ1) is 20.9. The molecule has 1 amide bonds. The normalized spacial score (nSPS) is 18.4. The molecule has 2 aliphatic rings. The number of benzene rings is 1. The van der Waals surface area contributed by atoms with Gasteiger partial charge >= 0.3 is 0 Å². The van der Waals surface area contributed by atoms with Crippen LogP contribution in [0.1, 0.15) is 35.8 Å². The fourth-order valence-electron chi connectivity index (χ4n) is 4.14. The molecule has 1 fully saturated rings. The van der Waals surface area contributed by atoms with Gasteiger partial charge in [-0.1, -0.05) is 12.1 Å². The number of nitrogens with zero attached hydrogens (tertiary/aromatic N) is 3. The number of fused-ring (bicyclic) bond motifs is 1. The predicted octanol–water partition coefficient (Wildman–Crippen LogP) is 2.99. The van der Waals surface area contributed by atoms with Crippen LogP contribution in [0, 0.1) is 0 Å². The molecule has 3 heterocycles. The zero-order valence-electron chi connectivity index (χ0n) is 17.9. The van der Waals surface area contributed by atoms with Crippen molar-refractivity contribution in [1.29, 1.82) is 0 Å². The number of hydrogen-bond donors (Lipinski definition) is 2. The highest BCUT2D eigenvalue weighted by Crippen LogP contribution is 2.25. The number of thiophene rings is 1. The Morgan fingerprint density at radius 2 is 2.00 bits per heavy atom. The van der Waals surface area contributed by atoms with Crippen molar-refractivity contribution in [3.63, 3.8) is 0 Å². The van der Waals surface area contributed by atoms with Crippen molar-refractivity contribution in [1.82, 2.24) is 15.5 Å². The van der Waals surface area contributed by atoms with E-state index in [0.29, 0.717) is 19.0 Å². The number of anilines is 1. The van der Waals surface area contributed by atoms with Gasteiger partial charge in [0.15, 0.2) is 5.96 Å². The highest BCUT2D eigenvalue weighted by Gasteiger charge is 2.22. The Morgan fingerprint density at radius 3 is 2.73 bits per heavy atom. The van der Waals surface area contributed by atoms with Gasteiger partial charge in [-0.25, -0.2) is 0 Å². The molecule has 1 aromatic heterocycles. The molecule has 4 rings (SSSR count). The number of rotatable bonds is 6. The van der Waals surface area contributed by atoms with Gasteiger partial charge in [-0.2, -0.15) is 0 Å². The van der Waals surface area contributed by atoms with E-state index in [-0.39, 0.29) is 5.91 Å². The van der Waals surface area contributed by atoms with E-state index in [2.05, 4.69) is 51.0 Å². The Kier molecular flexibility index (Phi) is 6.69. The molecular weight excluding hydrogens is 394 g/mol. The molecule has 0 saturated carbocycles. The van der Waals surface area contributed by atoms with Crippen LogP contribution < -0.4 is 15.5 Å². The van der Waals surface area contributed by atoms with E-state index in [9.17, 15) is 4.79 Å². The summed E-state index contributed by atoms with van der Waals surface area (Å²) >= 11 is 1.88. The summed E-state index contributed by atoms with van der Waals surface area (Å²) in [6.07, 6.45) is 2.77. The molecule has 7 heteroatoms. The van der Waals surface area contributed by atoms with E-state index in [1.54, 1.807) is 11.9 Å². The van der Waals surface area contributed by atoms with Gasteiger partial charge in [-0.3, -0.25) is 14.7 Å². The molecule has 0 bridgehead atoms. The summed E-state index contributed by atoms with van der Waals surface area (Å²) in [6, 6.07) is 10.9. The summed E-state index contributed by atoms with van der Waals surface area (Å²) in [5.74, 6) is 1.04. The monoisotopic (exact) mass is 425 g/mol. The maximum absolute atomic E-state index is 11.9. The molecule has 0 aliphatic carbocycles. The van der Waals surface area contributed by atoms with E-state index < -0.39 is 0 Å². The molecule has 0 radical (unpaired) electrons. The molecular formula is C23H31N5OS. The van der Waals surface area contributed by atoms with Gasteiger partial charge in [0, 0.05) is 62.8 Å². The van der Waals surface area contributed by atoms with Gasteiger partial charge in [0.25, 0.3) is 0 Å². The van der Waals surface area contributed by atoms with Gasteiger partial charge in [0.2, 0.25) is 5.91 Å². The van der Waals surface area contributed by atoms with Crippen LogP contribution in [0.4, 0.5) is 5.69 Å². The lowest BCUT2D eigenvalue weighted by Crippen LogP contribution is -2.47.